The molecule has 0 N–H and O–H groups in total. The highest BCUT2D eigenvalue weighted by atomic mass is 16.5. The molecule has 0 radical (unpaired) electrons. The predicted octanol–water partition coefficient (Wildman–Crippen LogP) is 10.8. The molecular weight excluding hydrogens is 404 g/mol. The van der Waals surface area contributed by atoms with Crippen molar-refractivity contribution in [2.24, 2.45) is 0 Å². The molecule has 0 saturated carbocycles. The van der Waals surface area contributed by atoms with E-state index in [-0.39, 0.29) is 0 Å². The number of hydrogen-bond acceptors (Lipinski definition) is 2. The minimum Gasteiger partial charge on any atom is -0.381 e. The van der Waals surface area contributed by atoms with Crippen LogP contribution in [0.5, 0.6) is 0 Å². The first-order chi connectivity index (χ1) is 16.3. The van der Waals surface area contributed by atoms with Gasteiger partial charge in [0.1, 0.15) is 0 Å². The Morgan fingerprint density at radius 1 is 0.364 bits per heavy atom. The summed E-state index contributed by atoms with van der Waals surface area (Å²) in [5, 5.41) is 0. The van der Waals surface area contributed by atoms with Crippen LogP contribution in [0.15, 0.2) is 0 Å². The SMILES string of the molecule is CCCCCCCCCCOCCC(CCCCCCCC)OCCCCCCCCCC. The first-order valence-corrected chi connectivity index (χ1v) is 15.5. The first kappa shape index (κ1) is 32.9. The molecule has 33 heavy (non-hydrogen) atoms. The van der Waals surface area contributed by atoms with Crippen molar-refractivity contribution in [2.45, 2.75) is 181 Å². The summed E-state index contributed by atoms with van der Waals surface area (Å²) in [5.74, 6) is 0. The summed E-state index contributed by atoms with van der Waals surface area (Å²) in [7, 11) is 0. The molecule has 1 atom stereocenters. The van der Waals surface area contributed by atoms with Gasteiger partial charge in [0.15, 0.2) is 0 Å². The number of rotatable bonds is 29. The van der Waals surface area contributed by atoms with Gasteiger partial charge in [0.25, 0.3) is 0 Å². The van der Waals surface area contributed by atoms with Crippen molar-refractivity contribution in [1.82, 2.24) is 0 Å². The minimum absolute atomic E-state index is 0.416. The van der Waals surface area contributed by atoms with E-state index in [0.717, 1.165) is 26.2 Å². The lowest BCUT2D eigenvalue weighted by molar-refractivity contribution is 0.0131. The third kappa shape index (κ3) is 28.0. The van der Waals surface area contributed by atoms with Crippen molar-refractivity contribution in [3.05, 3.63) is 0 Å². The standard InChI is InChI=1S/C31H64O2/c1-4-7-10-13-16-18-21-24-28-32-30-27-31(26-23-20-15-12-9-6-3)33-29-25-22-19-17-14-11-8-5-2/h31H,4-30H2,1-3H3. The van der Waals surface area contributed by atoms with E-state index >= 15 is 0 Å². The predicted molar refractivity (Wildman–Crippen MR) is 148 cm³/mol. The normalized spacial score (nSPS) is 12.5. The second-order valence-electron chi connectivity index (χ2n) is 10.4. The lowest BCUT2D eigenvalue weighted by atomic mass is 10.1. The maximum absolute atomic E-state index is 6.33. The monoisotopic (exact) mass is 468 g/mol. The van der Waals surface area contributed by atoms with E-state index < -0.39 is 0 Å². The molecule has 0 amide bonds. The second-order valence-corrected chi connectivity index (χ2v) is 10.4. The van der Waals surface area contributed by atoms with Gasteiger partial charge in [-0.25, -0.2) is 0 Å². The maximum Gasteiger partial charge on any atom is 0.0597 e. The van der Waals surface area contributed by atoms with E-state index in [2.05, 4.69) is 20.8 Å². The molecule has 2 heteroatoms. The molecule has 0 aromatic heterocycles. The van der Waals surface area contributed by atoms with Gasteiger partial charge in [-0.2, -0.15) is 0 Å². The molecule has 0 saturated heterocycles. The summed E-state index contributed by atoms with van der Waals surface area (Å²) >= 11 is 0. The zero-order valence-corrected chi connectivity index (χ0v) is 23.5. The quantitative estimate of drug-likeness (QED) is 0.102. The highest BCUT2D eigenvalue weighted by Crippen LogP contribution is 2.15. The van der Waals surface area contributed by atoms with Gasteiger partial charge in [-0.15, -0.1) is 0 Å². The van der Waals surface area contributed by atoms with Gasteiger partial charge in [-0.05, 0) is 25.7 Å². The van der Waals surface area contributed by atoms with E-state index in [9.17, 15) is 0 Å². The summed E-state index contributed by atoms with van der Waals surface area (Å²) in [6.07, 6.45) is 32.9. The highest BCUT2D eigenvalue weighted by Gasteiger charge is 2.09. The van der Waals surface area contributed by atoms with Gasteiger partial charge in [-0.1, -0.05) is 149 Å². The Hall–Kier alpha value is -0.0800. The molecule has 0 rings (SSSR count). The van der Waals surface area contributed by atoms with Crippen LogP contribution in [0.3, 0.4) is 0 Å². The van der Waals surface area contributed by atoms with Gasteiger partial charge in [0.2, 0.25) is 0 Å². The van der Waals surface area contributed by atoms with Crippen molar-refractivity contribution < 1.29 is 9.47 Å². The van der Waals surface area contributed by atoms with E-state index in [1.165, 1.54) is 148 Å². The van der Waals surface area contributed by atoms with Crippen molar-refractivity contribution in [3.8, 4) is 0 Å². The van der Waals surface area contributed by atoms with Crippen LogP contribution in [0.2, 0.25) is 0 Å². The van der Waals surface area contributed by atoms with E-state index in [1.54, 1.807) is 0 Å². The zero-order chi connectivity index (χ0) is 24.1. The molecule has 200 valence electrons. The summed E-state index contributed by atoms with van der Waals surface area (Å²) < 4.78 is 12.3. The Morgan fingerprint density at radius 3 is 1.24 bits per heavy atom. The number of hydrogen-bond donors (Lipinski definition) is 0. The molecule has 0 spiro atoms. The summed E-state index contributed by atoms with van der Waals surface area (Å²) in [6.45, 7) is 9.65. The van der Waals surface area contributed by atoms with Crippen LogP contribution in [0.25, 0.3) is 0 Å². The Balaban J connectivity index is 3.78. The van der Waals surface area contributed by atoms with Gasteiger partial charge >= 0.3 is 0 Å². The molecule has 0 bridgehead atoms. The molecule has 0 aromatic rings. The fourth-order valence-electron chi connectivity index (χ4n) is 4.60. The van der Waals surface area contributed by atoms with Crippen LogP contribution >= 0.6 is 0 Å². The average molecular weight is 469 g/mol. The molecule has 0 aliphatic carbocycles. The van der Waals surface area contributed by atoms with Gasteiger partial charge in [0, 0.05) is 19.8 Å². The van der Waals surface area contributed by atoms with E-state index in [1.807, 2.05) is 0 Å². The molecule has 0 fully saturated rings. The van der Waals surface area contributed by atoms with Crippen molar-refractivity contribution in [1.29, 1.82) is 0 Å². The van der Waals surface area contributed by atoms with Gasteiger partial charge in [0.05, 0.1) is 6.10 Å². The molecule has 0 aromatic carbocycles. The minimum atomic E-state index is 0.416. The Bertz CT molecular complexity index is 331. The average Bonchev–Trinajstić information content (AvgIpc) is 2.83. The molecule has 2 nitrogen and oxygen atoms in total. The lowest BCUT2D eigenvalue weighted by Crippen LogP contribution is -2.17. The molecule has 0 heterocycles. The highest BCUT2D eigenvalue weighted by molar-refractivity contribution is 4.60. The van der Waals surface area contributed by atoms with Crippen LogP contribution in [0.4, 0.5) is 0 Å². The summed E-state index contributed by atoms with van der Waals surface area (Å²) in [6, 6.07) is 0. The molecule has 0 aliphatic heterocycles. The Morgan fingerprint density at radius 2 is 0.758 bits per heavy atom. The lowest BCUT2D eigenvalue weighted by Gasteiger charge is -2.18. The third-order valence-corrected chi connectivity index (χ3v) is 6.96. The smallest absolute Gasteiger partial charge is 0.0597 e. The fourth-order valence-corrected chi connectivity index (χ4v) is 4.60. The largest absolute Gasteiger partial charge is 0.381 e. The summed E-state index contributed by atoms with van der Waals surface area (Å²) in [5.41, 5.74) is 0. The number of ether oxygens (including phenoxy) is 2. The van der Waals surface area contributed by atoms with E-state index in [0.29, 0.717) is 6.10 Å². The van der Waals surface area contributed by atoms with Crippen molar-refractivity contribution >= 4 is 0 Å². The van der Waals surface area contributed by atoms with Crippen LogP contribution in [-0.4, -0.2) is 25.9 Å². The van der Waals surface area contributed by atoms with Gasteiger partial charge in [-0.3, -0.25) is 0 Å². The molecular formula is C31H64O2. The Kier molecular flexibility index (Phi) is 29.9. The van der Waals surface area contributed by atoms with Crippen LogP contribution in [0, 0.1) is 0 Å². The molecule has 1 unspecified atom stereocenters. The zero-order valence-electron chi connectivity index (χ0n) is 23.5. The van der Waals surface area contributed by atoms with Gasteiger partial charge < -0.3 is 9.47 Å². The van der Waals surface area contributed by atoms with Crippen molar-refractivity contribution in [2.75, 3.05) is 19.8 Å². The van der Waals surface area contributed by atoms with Crippen LogP contribution in [-0.2, 0) is 9.47 Å². The topological polar surface area (TPSA) is 18.5 Å². The molecule has 0 aliphatic rings. The maximum atomic E-state index is 6.33. The second kappa shape index (κ2) is 30.0. The first-order valence-electron chi connectivity index (χ1n) is 15.5. The number of unbranched alkanes of at least 4 members (excludes halogenated alkanes) is 19. The summed E-state index contributed by atoms with van der Waals surface area (Å²) in [4.78, 5) is 0. The fraction of sp³-hybridized carbons (Fsp3) is 1.00. The Labute approximate surface area is 210 Å². The van der Waals surface area contributed by atoms with Crippen molar-refractivity contribution in [3.63, 3.8) is 0 Å². The van der Waals surface area contributed by atoms with E-state index in [4.69, 9.17) is 9.47 Å². The third-order valence-electron chi connectivity index (χ3n) is 6.96. The van der Waals surface area contributed by atoms with Crippen LogP contribution < -0.4 is 0 Å². The van der Waals surface area contributed by atoms with Crippen LogP contribution in [0.1, 0.15) is 175 Å².